The topological polar surface area (TPSA) is 67.6 Å². The number of nitrogens with zero attached hydrogens (tertiary/aromatic N) is 3. The van der Waals surface area contributed by atoms with Crippen molar-refractivity contribution in [1.82, 2.24) is 9.78 Å². The van der Waals surface area contributed by atoms with Gasteiger partial charge in [0.1, 0.15) is 11.6 Å². The smallest absolute Gasteiger partial charge is 0.418 e. The molecule has 5 rings (SSSR count). The average Bonchev–Trinajstić information content (AvgIpc) is 3.48. The van der Waals surface area contributed by atoms with Crippen molar-refractivity contribution in [3.05, 3.63) is 69.3 Å². The lowest BCUT2D eigenvalue weighted by molar-refractivity contribution is -0.137. The summed E-state index contributed by atoms with van der Waals surface area (Å²) >= 11 is 0. The SMILES string of the molecule is COc1cc(F)cc(-c2nn(-c3cc(N4CC[C@H](O)C4)ccc3C(F)(F)F)c(=O)c3c2CCC3)c1. The summed E-state index contributed by atoms with van der Waals surface area (Å²) in [5.41, 5.74) is 0.00394. The maximum atomic E-state index is 14.3. The van der Waals surface area contributed by atoms with E-state index in [1.54, 1.807) is 11.0 Å². The molecule has 0 spiro atoms. The molecule has 1 saturated heterocycles. The van der Waals surface area contributed by atoms with Crippen LogP contribution in [0.5, 0.6) is 5.75 Å². The van der Waals surface area contributed by atoms with Gasteiger partial charge in [0.05, 0.1) is 30.2 Å². The lowest BCUT2D eigenvalue weighted by Crippen LogP contribution is -2.29. The normalized spacial score (nSPS) is 17.7. The van der Waals surface area contributed by atoms with E-state index in [-0.39, 0.29) is 18.0 Å². The number of halogens is 4. The second kappa shape index (κ2) is 8.67. The molecule has 0 amide bonds. The first-order valence-corrected chi connectivity index (χ1v) is 11.3. The molecule has 1 atom stereocenters. The molecule has 1 aliphatic carbocycles. The summed E-state index contributed by atoms with van der Waals surface area (Å²) in [5, 5.41) is 14.3. The standard InChI is InChI=1S/C25H23F4N3O3/c1-35-18-10-14(9-15(26)11-18)23-19-3-2-4-20(19)24(34)32(30-23)22-12-16(31-8-7-17(33)13-31)5-6-21(22)25(27,28)29/h5-6,9-12,17,33H,2-4,7-8,13H2,1H3/t17-/m0/s1. The first-order chi connectivity index (χ1) is 16.7. The number of hydrogen-bond acceptors (Lipinski definition) is 5. The fourth-order valence-electron chi connectivity index (χ4n) is 4.90. The van der Waals surface area contributed by atoms with Gasteiger partial charge < -0.3 is 14.7 Å². The molecule has 0 unspecified atom stereocenters. The Morgan fingerprint density at radius 2 is 1.89 bits per heavy atom. The summed E-state index contributed by atoms with van der Waals surface area (Å²) in [4.78, 5) is 15.1. The lowest BCUT2D eigenvalue weighted by atomic mass is 10.0. The number of aromatic nitrogens is 2. The highest BCUT2D eigenvalue weighted by Crippen LogP contribution is 2.37. The van der Waals surface area contributed by atoms with E-state index in [1.807, 2.05) is 0 Å². The van der Waals surface area contributed by atoms with E-state index in [2.05, 4.69) is 5.10 Å². The Morgan fingerprint density at radius 1 is 1.11 bits per heavy atom. The third-order valence-corrected chi connectivity index (χ3v) is 6.58. The highest BCUT2D eigenvalue weighted by molar-refractivity contribution is 5.67. The molecule has 35 heavy (non-hydrogen) atoms. The zero-order valence-corrected chi connectivity index (χ0v) is 18.9. The Bertz CT molecular complexity index is 1350. The largest absolute Gasteiger partial charge is 0.497 e. The van der Waals surface area contributed by atoms with Crippen molar-refractivity contribution in [2.45, 2.75) is 38.0 Å². The molecule has 2 heterocycles. The predicted molar refractivity (Wildman–Crippen MR) is 122 cm³/mol. The number of β-amino-alcohol motifs (C(OH)–C–C–N with tert-alkyl or cyclic N) is 1. The van der Waals surface area contributed by atoms with Crippen LogP contribution in [0.1, 0.15) is 29.5 Å². The molecule has 1 aromatic heterocycles. The van der Waals surface area contributed by atoms with Crippen molar-refractivity contribution >= 4 is 5.69 Å². The minimum atomic E-state index is -4.74. The maximum absolute atomic E-state index is 14.3. The van der Waals surface area contributed by atoms with Crippen LogP contribution in [0.3, 0.4) is 0 Å². The van der Waals surface area contributed by atoms with E-state index >= 15 is 0 Å². The van der Waals surface area contributed by atoms with Crippen molar-refractivity contribution in [2.75, 3.05) is 25.1 Å². The number of aliphatic hydroxyl groups is 1. The zero-order chi connectivity index (χ0) is 24.9. The van der Waals surface area contributed by atoms with Gasteiger partial charge in [-0.3, -0.25) is 4.79 Å². The molecule has 1 N–H and O–H groups in total. The average molecular weight is 489 g/mol. The van der Waals surface area contributed by atoms with Crippen molar-refractivity contribution in [1.29, 1.82) is 0 Å². The van der Waals surface area contributed by atoms with E-state index in [9.17, 15) is 27.5 Å². The molecule has 184 valence electrons. The molecule has 10 heteroatoms. The predicted octanol–water partition coefficient (Wildman–Crippen LogP) is 4.13. The number of fused-ring (bicyclic) bond motifs is 1. The van der Waals surface area contributed by atoms with Gasteiger partial charge in [-0.25, -0.2) is 4.39 Å². The van der Waals surface area contributed by atoms with E-state index in [4.69, 9.17) is 4.74 Å². The number of rotatable bonds is 4. The van der Waals surface area contributed by atoms with Crippen LogP contribution in [-0.4, -0.2) is 41.2 Å². The highest BCUT2D eigenvalue weighted by atomic mass is 19.4. The van der Waals surface area contributed by atoms with Crippen LogP contribution in [0.25, 0.3) is 16.9 Å². The molecule has 6 nitrogen and oxygen atoms in total. The zero-order valence-electron chi connectivity index (χ0n) is 18.9. The Kier molecular flexibility index (Phi) is 5.79. The molecule has 2 aromatic carbocycles. The number of hydrogen-bond donors (Lipinski definition) is 1. The van der Waals surface area contributed by atoms with Gasteiger partial charge in [0, 0.05) is 36.0 Å². The van der Waals surface area contributed by atoms with E-state index in [0.717, 1.165) is 10.7 Å². The first kappa shape index (κ1) is 23.3. The highest BCUT2D eigenvalue weighted by Gasteiger charge is 2.36. The Morgan fingerprint density at radius 3 is 2.57 bits per heavy atom. The van der Waals surface area contributed by atoms with Crippen LogP contribution in [0.2, 0.25) is 0 Å². The van der Waals surface area contributed by atoms with Crippen LogP contribution in [0.4, 0.5) is 23.2 Å². The summed E-state index contributed by atoms with van der Waals surface area (Å²) in [6.07, 6.45) is -3.25. The number of alkyl halides is 3. The van der Waals surface area contributed by atoms with Crippen molar-refractivity contribution in [2.24, 2.45) is 0 Å². The van der Waals surface area contributed by atoms with Gasteiger partial charge in [-0.05, 0) is 61.6 Å². The number of aliphatic hydroxyl groups excluding tert-OH is 1. The molecule has 1 fully saturated rings. The molecule has 0 bridgehead atoms. The molecule has 1 aliphatic heterocycles. The maximum Gasteiger partial charge on any atom is 0.418 e. The van der Waals surface area contributed by atoms with Gasteiger partial charge in [-0.1, -0.05) is 0 Å². The van der Waals surface area contributed by atoms with E-state index in [1.165, 1.54) is 31.4 Å². The van der Waals surface area contributed by atoms with Gasteiger partial charge in [0.2, 0.25) is 0 Å². The Balaban J connectivity index is 1.75. The fraction of sp³-hybridized carbons (Fsp3) is 0.360. The van der Waals surface area contributed by atoms with Gasteiger partial charge in [-0.2, -0.15) is 23.0 Å². The number of benzene rings is 2. The Labute approximate surface area is 198 Å². The molecular weight excluding hydrogens is 466 g/mol. The van der Waals surface area contributed by atoms with Crippen LogP contribution in [0.15, 0.2) is 41.2 Å². The first-order valence-electron chi connectivity index (χ1n) is 11.3. The van der Waals surface area contributed by atoms with E-state index < -0.39 is 34.9 Å². The summed E-state index contributed by atoms with van der Waals surface area (Å²) in [7, 11) is 1.38. The van der Waals surface area contributed by atoms with Gasteiger partial charge in [0.25, 0.3) is 5.56 Å². The van der Waals surface area contributed by atoms with Crippen molar-refractivity contribution < 1.29 is 27.4 Å². The van der Waals surface area contributed by atoms with Crippen LogP contribution < -0.4 is 15.2 Å². The monoisotopic (exact) mass is 489 g/mol. The minimum absolute atomic E-state index is 0.233. The minimum Gasteiger partial charge on any atom is -0.497 e. The van der Waals surface area contributed by atoms with Crippen LogP contribution >= 0.6 is 0 Å². The third-order valence-electron chi connectivity index (χ3n) is 6.58. The Hall–Kier alpha value is -3.40. The number of ether oxygens (including phenoxy) is 1. The number of methoxy groups -OCH3 is 1. The molecule has 0 saturated carbocycles. The fourth-order valence-corrected chi connectivity index (χ4v) is 4.90. The molecular formula is C25H23F4N3O3. The van der Waals surface area contributed by atoms with E-state index in [0.29, 0.717) is 54.6 Å². The summed E-state index contributed by atoms with van der Waals surface area (Å²) in [5.74, 6) is -0.354. The summed E-state index contributed by atoms with van der Waals surface area (Å²) < 4.78 is 62.3. The van der Waals surface area contributed by atoms with Crippen molar-refractivity contribution in [3.8, 4) is 22.7 Å². The van der Waals surface area contributed by atoms with Crippen molar-refractivity contribution in [3.63, 3.8) is 0 Å². The third kappa shape index (κ3) is 4.27. The molecule has 3 aromatic rings. The number of anilines is 1. The summed E-state index contributed by atoms with van der Waals surface area (Å²) in [6.45, 7) is 0.762. The van der Waals surface area contributed by atoms with Gasteiger partial charge >= 0.3 is 6.18 Å². The van der Waals surface area contributed by atoms with Crippen LogP contribution in [0, 0.1) is 5.82 Å². The van der Waals surface area contributed by atoms with Gasteiger partial charge in [0.15, 0.2) is 0 Å². The van der Waals surface area contributed by atoms with Crippen LogP contribution in [-0.2, 0) is 19.0 Å². The summed E-state index contributed by atoms with van der Waals surface area (Å²) in [6, 6.07) is 7.52. The molecule has 2 aliphatic rings. The second-order valence-electron chi connectivity index (χ2n) is 8.84. The van der Waals surface area contributed by atoms with Gasteiger partial charge in [-0.15, -0.1) is 0 Å². The second-order valence-corrected chi connectivity index (χ2v) is 8.84. The molecule has 0 radical (unpaired) electrons. The quantitative estimate of drug-likeness (QED) is 0.559. The lowest BCUT2D eigenvalue weighted by Gasteiger charge is -2.22.